The van der Waals surface area contributed by atoms with Gasteiger partial charge in [0.1, 0.15) is 20.2 Å². The number of allylic oxidation sites excluding steroid dienone is 2. The minimum atomic E-state index is -0.231. The van der Waals surface area contributed by atoms with Crippen molar-refractivity contribution in [1.82, 2.24) is 0 Å². The lowest BCUT2D eigenvalue weighted by atomic mass is 9.80. The maximum atomic E-state index is 10.8. The highest BCUT2D eigenvalue weighted by molar-refractivity contribution is 5.66. The van der Waals surface area contributed by atoms with Crippen molar-refractivity contribution in [3.63, 3.8) is 0 Å². The molecule has 0 radical (unpaired) electrons. The maximum absolute atomic E-state index is 10.8. The second kappa shape index (κ2) is 13.0. The van der Waals surface area contributed by atoms with Crippen molar-refractivity contribution in [1.29, 1.82) is 0 Å². The van der Waals surface area contributed by atoms with E-state index in [9.17, 15) is 4.79 Å². The Morgan fingerprint density at radius 3 is 2.33 bits per heavy atom. The standard InChI is InChI=1S/C17H20O2.2CH2O.CH4/c1-12(11-19-14(3)18)10-16-9-8-15-6-4-5-7-17(15)13(16)2;2*1-2;/h4-10,13,16H,11H2,1-3H3;2*1H2;1H4/b12-10+;;;. The molecule has 0 saturated carbocycles. The lowest BCUT2D eigenvalue weighted by Gasteiger charge is -2.25. The third kappa shape index (κ3) is 7.18. The molecule has 0 N–H and O–H groups in total. The molecule has 1 aromatic rings. The SMILES string of the molecule is C.C=O.C=O.CC(=O)OC/C(C)=C/C1C=Cc2ccccc2C1C. The second-order valence-electron chi connectivity index (χ2n) is 5.15. The van der Waals surface area contributed by atoms with Crippen LogP contribution in [0.5, 0.6) is 0 Å². The first-order chi connectivity index (χ1) is 11.1. The first kappa shape index (κ1) is 23.8. The molecule has 2 unspecified atom stereocenters. The molecule has 0 amide bonds. The Hall–Kier alpha value is -2.49. The van der Waals surface area contributed by atoms with Crippen LogP contribution in [0, 0.1) is 5.92 Å². The maximum Gasteiger partial charge on any atom is 0.302 e. The van der Waals surface area contributed by atoms with Gasteiger partial charge in [0, 0.05) is 12.8 Å². The topological polar surface area (TPSA) is 60.4 Å². The number of hydrogen-bond acceptors (Lipinski definition) is 4. The molecule has 132 valence electrons. The van der Waals surface area contributed by atoms with E-state index in [0.717, 1.165) is 5.57 Å². The molecule has 0 spiro atoms. The smallest absolute Gasteiger partial charge is 0.302 e. The van der Waals surface area contributed by atoms with Crippen molar-refractivity contribution >= 4 is 25.6 Å². The van der Waals surface area contributed by atoms with Crippen molar-refractivity contribution < 1.29 is 19.1 Å². The molecular formula is C20H28O4. The minimum absolute atomic E-state index is 0. The first-order valence-electron chi connectivity index (χ1n) is 7.23. The predicted octanol–water partition coefficient (Wildman–Crippen LogP) is 4.21. The van der Waals surface area contributed by atoms with E-state index >= 15 is 0 Å². The van der Waals surface area contributed by atoms with Crippen LogP contribution in [0.2, 0.25) is 0 Å². The van der Waals surface area contributed by atoms with E-state index in [1.54, 1.807) is 0 Å². The van der Waals surface area contributed by atoms with Gasteiger partial charge in [-0.3, -0.25) is 4.79 Å². The minimum Gasteiger partial charge on any atom is -0.461 e. The van der Waals surface area contributed by atoms with Crippen LogP contribution in [0.1, 0.15) is 45.2 Å². The summed E-state index contributed by atoms with van der Waals surface area (Å²) in [6.45, 7) is 10.1. The van der Waals surface area contributed by atoms with Gasteiger partial charge in [0.05, 0.1) is 0 Å². The van der Waals surface area contributed by atoms with Gasteiger partial charge in [0.15, 0.2) is 0 Å². The Balaban J connectivity index is 0. The van der Waals surface area contributed by atoms with Gasteiger partial charge >= 0.3 is 5.97 Å². The number of carbonyl (C=O) groups is 3. The highest BCUT2D eigenvalue weighted by atomic mass is 16.5. The molecule has 4 heteroatoms. The van der Waals surface area contributed by atoms with Crippen LogP contribution in [-0.4, -0.2) is 26.2 Å². The van der Waals surface area contributed by atoms with Crippen LogP contribution in [0.25, 0.3) is 6.08 Å². The van der Waals surface area contributed by atoms with Crippen LogP contribution in [0.15, 0.2) is 42.0 Å². The molecular weight excluding hydrogens is 304 g/mol. The van der Waals surface area contributed by atoms with Crippen molar-refractivity contribution in [2.24, 2.45) is 5.92 Å². The number of esters is 1. The number of hydrogen-bond donors (Lipinski definition) is 0. The van der Waals surface area contributed by atoms with Crippen molar-refractivity contribution in [3.8, 4) is 0 Å². The van der Waals surface area contributed by atoms with Crippen LogP contribution in [-0.2, 0) is 19.1 Å². The van der Waals surface area contributed by atoms with Gasteiger partial charge in [-0.15, -0.1) is 0 Å². The Morgan fingerprint density at radius 1 is 1.17 bits per heavy atom. The lowest BCUT2D eigenvalue weighted by molar-refractivity contribution is -0.140. The van der Waals surface area contributed by atoms with Crippen LogP contribution in [0.4, 0.5) is 0 Å². The normalized spacial score (nSPS) is 17.7. The summed E-state index contributed by atoms with van der Waals surface area (Å²) in [6.07, 6.45) is 6.60. The molecule has 1 aliphatic rings. The second-order valence-corrected chi connectivity index (χ2v) is 5.15. The number of rotatable bonds is 3. The summed E-state index contributed by atoms with van der Waals surface area (Å²) >= 11 is 0. The molecule has 24 heavy (non-hydrogen) atoms. The van der Waals surface area contributed by atoms with Crippen molar-refractivity contribution in [3.05, 3.63) is 53.1 Å². The monoisotopic (exact) mass is 332 g/mol. The van der Waals surface area contributed by atoms with Crippen LogP contribution < -0.4 is 0 Å². The van der Waals surface area contributed by atoms with Gasteiger partial charge in [-0.05, 0) is 29.5 Å². The van der Waals surface area contributed by atoms with Crippen LogP contribution in [0.3, 0.4) is 0 Å². The summed E-state index contributed by atoms with van der Waals surface area (Å²) < 4.78 is 5.02. The summed E-state index contributed by atoms with van der Waals surface area (Å²) in [5, 5.41) is 0. The summed E-state index contributed by atoms with van der Waals surface area (Å²) in [4.78, 5) is 26.8. The van der Waals surface area contributed by atoms with E-state index in [1.165, 1.54) is 18.1 Å². The van der Waals surface area contributed by atoms with Gasteiger partial charge in [-0.25, -0.2) is 0 Å². The first-order valence-corrected chi connectivity index (χ1v) is 7.23. The van der Waals surface area contributed by atoms with Gasteiger partial charge in [-0.2, -0.15) is 0 Å². The number of benzene rings is 1. The van der Waals surface area contributed by atoms with Gasteiger partial charge in [-0.1, -0.05) is 56.8 Å². The van der Waals surface area contributed by atoms with Crippen molar-refractivity contribution in [2.45, 2.75) is 34.1 Å². The zero-order valence-corrected chi connectivity index (χ0v) is 14.0. The third-order valence-electron chi connectivity index (χ3n) is 3.54. The molecule has 0 bridgehead atoms. The largest absolute Gasteiger partial charge is 0.461 e. The van der Waals surface area contributed by atoms with Gasteiger partial charge in [0.25, 0.3) is 0 Å². The van der Waals surface area contributed by atoms with E-state index < -0.39 is 0 Å². The molecule has 1 aliphatic carbocycles. The van der Waals surface area contributed by atoms with Gasteiger partial charge in [0.2, 0.25) is 0 Å². The molecule has 4 nitrogen and oxygen atoms in total. The Labute approximate surface area is 145 Å². The third-order valence-corrected chi connectivity index (χ3v) is 3.54. The van der Waals surface area contributed by atoms with E-state index in [4.69, 9.17) is 14.3 Å². The predicted molar refractivity (Wildman–Crippen MR) is 98.7 cm³/mol. The molecule has 2 rings (SSSR count). The summed E-state index contributed by atoms with van der Waals surface area (Å²) in [6, 6.07) is 8.48. The molecule has 2 atom stereocenters. The van der Waals surface area contributed by atoms with Crippen molar-refractivity contribution in [2.75, 3.05) is 6.61 Å². The lowest BCUT2D eigenvalue weighted by Crippen LogP contribution is -2.12. The van der Waals surface area contributed by atoms with Gasteiger partial charge < -0.3 is 14.3 Å². The number of carbonyl (C=O) groups excluding carboxylic acids is 3. The Bertz CT molecular complexity index is 559. The Morgan fingerprint density at radius 2 is 1.75 bits per heavy atom. The summed E-state index contributed by atoms with van der Waals surface area (Å²) in [5.74, 6) is 0.587. The fourth-order valence-corrected chi connectivity index (χ4v) is 2.46. The van der Waals surface area contributed by atoms with Crippen LogP contribution >= 0.6 is 0 Å². The summed E-state index contributed by atoms with van der Waals surface area (Å²) in [5.41, 5.74) is 3.78. The number of fused-ring (bicyclic) bond motifs is 1. The fraction of sp³-hybridized carbons (Fsp3) is 0.350. The molecule has 0 saturated heterocycles. The average Bonchev–Trinajstić information content (AvgIpc) is 2.59. The van der Waals surface area contributed by atoms with E-state index in [1.807, 2.05) is 20.5 Å². The summed E-state index contributed by atoms with van der Waals surface area (Å²) in [7, 11) is 0. The van der Waals surface area contributed by atoms with E-state index in [0.29, 0.717) is 18.4 Å². The quantitative estimate of drug-likeness (QED) is 0.614. The van der Waals surface area contributed by atoms with E-state index in [-0.39, 0.29) is 13.4 Å². The highest BCUT2D eigenvalue weighted by Crippen LogP contribution is 2.34. The molecule has 0 fully saturated rings. The fourth-order valence-electron chi connectivity index (χ4n) is 2.46. The Kier molecular flexibility index (Phi) is 12.9. The van der Waals surface area contributed by atoms with E-state index in [2.05, 4.69) is 49.4 Å². The molecule has 0 aromatic heterocycles. The zero-order chi connectivity index (χ0) is 17.8. The highest BCUT2D eigenvalue weighted by Gasteiger charge is 2.20. The molecule has 0 aliphatic heterocycles. The molecule has 1 aromatic carbocycles. The zero-order valence-electron chi connectivity index (χ0n) is 14.0. The average molecular weight is 332 g/mol. The molecule has 0 heterocycles. The number of ether oxygens (including phenoxy) is 1.